The van der Waals surface area contributed by atoms with Crippen LogP contribution in [0.4, 0.5) is 0 Å². The minimum absolute atomic E-state index is 0.188. The molecule has 4 N–H and O–H groups in total. The Kier molecular flexibility index (Phi) is 7.11. The molecule has 0 heterocycles. The lowest BCUT2D eigenvalue weighted by Crippen LogP contribution is -2.41. The average molecular weight is 296 g/mol. The normalized spacial score (nSPS) is 11.9. The lowest BCUT2D eigenvalue weighted by Gasteiger charge is -2.12. The van der Waals surface area contributed by atoms with Crippen molar-refractivity contribution >= 4 is 23.6 Å². The van der Waals surface area contributed by atoms with Gasteiger partial charge in [0.25, 0.3) is 0 Å². The van der Waals surface area contributed by atoms with Crippen molar-refractivity contribution in [2.24, 2.45) is 5.73 Å². The lowest BCUT2D eigenvalue weighted by atomic mass is 10.0. The molecule has 0 bridgehead atoms. The summed E-state index contributed by atoms with van der Waals surface area (Å²) in [5.74, 6) is -0.299. The highest BCUT2D eigenvalue weighted by Gasteiger charge is 2.13. The maximum Gasteiger partial charge on any atom is 0.335 e. The molecule has 20 heavy (non-hydrogen) atoms. The van der Waals surface area contributed by atoms with Gasteiger partial charge >= 0.3 is 5.97 Å². The fourth-order valence-corrected chi connectivity index (χ4v) is 2.26. The Hall–Kier alpha value is -1.53. The molecule has 0 saturated carbocycles. The maximum atomic E-state index is 11.7. The minimum Gasteiger partial charge on any atom is -0.478 e. The number of nitrogens with one attached hydrogen (secondary N) is 1. The Morgan fingerprint density at radius 3 is 2.75 bits per heavy atom. The smallest absolute Gasteiger partial charge is 0.335 e. The highest BCUT2D eigenvalue weighted by molar-refractivity contribution is 7.98. The molecule has 0 fully saturated rings. The number of aromatic carboxylic acids is 1. The number of amides is 1. The molecule has 0 unspecified atom stereocenters. The van der Waals surface area contributed by atoms with Gasteiger partial charge in [-0.25, -0.2) is 4.79 Å². The summed E-state index contributed by atoms with van der Waals surface area (Å²) < 4.78 is 0. The Bertz CT molecular complexity index is 465. The quantitative estimate of drug-likeness (QED) is 0.668. The van der Waals surface area contributed by atoms with Crippen LogP contribution in [0.5, 0.6) is 0 Å². The van der Waals surface area contributed by atoms with Gasteiger partial charge in [0, 0.05) is 6.54 Å². The van der Waals surface area contributed by atoms with Gasteiger partial charge in [-0.2, -0.15) is 11.8 Å². The Morgan fingerprint density at radius 1 is 1.40 bits per heavy atom. The van der Waals surface area contributed by atoms with Crippen LogP contribution in [-0.4, -0.2) is 41.6 Å². The lowest BCUT2D eigenvalue weighted by molar-refractivity contribution is -0.122. The van der Waals surface area contributed by atoms with Gasteiger partial charge in [-0.15, -0.1) is 0 Å². The number of hydrogen-bond donors (Lipinski definition) is 3. The van der Waals surface area contributed by atoms with Crippen molar-refractivity contribution in [3.63, 3.8) is 0 Å². The molecular weight excluding hydrogens is 276 g/mol. The molecule has 0 saturated heterocycles. The van der Waals surface area contributed by atoms with Crippen molar-refractivity contribution in [3.05, 3.63) is 35.4 Å². The summed E-state index contributed by atoms with van der Waals surface area (Å²) in [7, 11) is 0. The van der Waals surface area contributed by atoms with E-state index in [1.54, 1.807) is 36.0 Å². The zero-order valence-corrected chi connectivity index (χ0v) is 12.3. The standard InChI is InChI=1S/C14H20N2O3S/c1-20-9-7-12(15)13(17)16-8-6-10-4-2-3-5-11(10)14(18)19/h2-5,12H,6-9,15H2,1H3,(H,16,17)(H,18,19)/t12-/m0/s1. The molecule has 5 nitrogen and oxygen atoms in total. The van der Waals surface area contributed by atoms with Crippen LogP contribution >= 0.6 is 11.8 Å². The van der Waals surface area contributed by atoms with Crippen LogP contribution in [0.2, 0.25) is 0 Å². The summed E-state index contributed by atoms with van der Waals surface area (Å²) in [5, 5.41) is 11.8. The van der Waals surface area contributed by atoms with Gasteiger partial charge in [-0.1, -0.05) is 18.2 Å². The van der Waals surface area contributed by atoms with Crippen molar-refractivity contribution in [2.75, 3.05) is 18.6 Å². The van der Waals surface area contributed by atoms with Crippen molar-refractivity contribution in [3.8, 4) is 0 Å². The molecule has 6 heteroatoms. The molecule has 1 aromatic rings. The molecule has 0 aliphatic heterocycles. The van der Waals surface area contributed by atoms with Crippen molar-refractivity contribution in [1.82, 2.24) is 5.32 Å². The Morgan fingerprint density at radius 2 is 2.10 bits per heavy atom. The van der Waals surface area contributed by atoms with Crippen LogP contribution in [0.25, 0.3) is 0 Å². The molecule has 0 aliphatic rings. The van der Waals surface area contributed by atoms with E-state index in [0.29, 0.717) is 24.9 Å². The second-order valence-corrected chi connectivity index (χ2v) is 5.38. The number of carbonyl (C=O) groups excluding carboxylic acids is 1. The first-order valence-electron chi connectivity index (χ1n) is 6.39. The molecule has 110 valence electrons. The largest absolute Gasteiger partial charge is 0.478 e. The topological polar surface area (TPSA) is 92.4 Å². The zero-order valence-electron chi connectivity index (χ0n) is 11.5. The predicted molar refractivity (Wildman–Crippen MR) is 81.1 cm³/mol. The van der Waals surface area contributed by atoms with Gasteiger partial charge in [-0.05, 0) is 36.5 Å². The summed E-state index contributed by atoms with van der Waals surface area (Å²) in [5.41, 5.74) is 6.72. The van der Waals surface area contributed by atoms with Gasteiger partial charge in [-0.3, -0.25) is 4.79 Å². The van der Waals surface area contributed by atoms with Crippen LogP contribution in [0, 0.1) is 0 Å². The van der Waals surface area contributed by atoms with Gasteiger partial charge in [0.1, 0.15) is 0 Å². The highest BCUT2D eigenvalue weighted by atomic mass is 32.2. The van der Waals surface area contributed by atoms with Crippen LogP contribution in [0.15, 0.2) is 24.3 Å². The van der Waals surface area contributed by atoms with Gasteiger partial charge in [0.2, 0.25) is 5.91 Å². The summed E-state index contributed by atoms with van der Waals surface area (Å²) in [6.45, 7) is 0.385. The van der Waals surface area contributed by atoms with Crippen molar-refractivity contribution < 1.29 is 14.7 Å². The molecule has 0 radical (unpaired) electrons. The molecule has 1 rings (SSSR count). The van der Waals surface area contributed by atoms with Crippen molar-refractivity contribution in [1.29, 1.82) is 0 Å². The van der Waals surface area contributed by atoms with Crippen LogP contribution in [0.3, 0.4) is 0 Å². The predicted octanol–water partition coefficient (Wildman–Crippen LogP) is 1.12. The van der Waals surface area contributed by atoms with E-state index in [0.717, 1.165) is 5.75 Å². The summed E-state index contributed by atoms with van der Waals surface area (Å²) in [6.07, 6.45) is 3.08. The number of thioether (sulfide) groups is 1. The van der Waals surface area contributed by atoms with E-state index >= 15 is 0 Å². The van der Waals surface area contributed by atoms with E-state index in [1.165, 1.54) is 0 Å². The van der Waals surface area contributed by atoms with E-state index < -0.39 is 12.0 Å². The third-order valence-electron chi connectivity index (χ3n) is 2.91. The molecule has 0 aliphatic carbocycles. The molecule has 1 amide bonds. The summed E-state index contributed by atoms with van der Waals surface area (Å²) >= 11 is 1.65. The number of rotatable bonds is 8. The van der Waals surface area contributed by atoms with Gasteiger partial charge in [0.05, 0.1) is 11.6 Å². The fourth-order valence-electron chi connectivity index (χ4n) is 1.77. The van der Waals surface area contributed by atoms with Crippen LogP contribution in [0.1, 0.15) is 22.3 Å². The third-order valence-corrected chi connectivity index (χ3v) is 3.56. The molecule has 1 atom stereocenters. The molecule has 1 aromatic carbocycles. The number of benzene rings is 1. The SMILES string of the molecule is CSCC[C@H](N)C(=O)NCCc1ccccc1C(=O)O. The van der Waals surface area contributed by atoms with E-state index in [1.807, 2.05) is 6.26 Å². The number of carboxylic acid groups (broad SMARTS) is 1. The Balaban J connectivity index is 2.45. The van der Waals surface area contributed by atoms with E-state index in [9.17, 15) is 9.59 Å². The van der Waals surface area contributed by atoms with E-state index in [-0.39, 0.29) is 11.5 Å². The second kappa shape index (κ2) is 8.60. The maximum absolute atomic E-state index is 11.7. The molecular formula is C14H20N2O3S. The van der Waals surface area contributed by atoms with Crippen molar-refractivity contribution in [2.45, 2.75) is 18.9 Å². The monoisotopic (exact) mass is 296 g/mol. The third kappa shape index (κ3) is 5.22. The first kappa shape index (κ1) is 16.5. The number of nitrogens with two attached hydrogens (primary N) is 1. The van der Waals surface area contributed by atoms with Gasteiger partial charge in [0.15, 0.2) is 0 Å². The highest BCUT2D eigenvalue weighted by Crippen LogP contribution is 2.09. The van der Waals surface area contributed by atoms with Gasteiger partial charge < -0.3 is 16.2 Å². The molecule has 0 aromatic heterocycles. The minimum atomic E-state index is -0.955. The zero-order chi connectivity index (χ0) is 15.0. The first-order chi connectivity index (χ1) is 9.56. The van der Waals surface area contributed by atoms with Crippen LogP contribution < -0.4 is 11.1 Å². The molecule has 0 spiro atoms. The van der Waals surface area contributed by atoms with E-state index in [2.05, 4.69) is 5.32 Å². The number of carbonyl (C=O) groups is 2. The average Bonchev–Trinajstić information content (AvgIpc) is 2.44. The summed E-state index contributed by atoms with van der Waals surface area (Å²) in [4.78, 5) is 22.7. The summed E-state index contributed by atoms with van der Waals surface area (Å²) in [6, 6.07) is 6.28. The Labute approximate surface area is 122 Å². The van der Waals surface area contributed by atoms with Crippen LogP contribution in [-0.2, 0) is 11.2 Å². The van der Waals surface area contributed by atoms with E-state index in [4.69, 9.17) is 10.8 Å². The number of hydrogen-bond acceptors (Lipinski definition) is 4. The first-order valence-corrected chi connectivity index (χ1v) is 7.79. The number of carboxylic acids is 1. The fraction of sp³-hybridized carbons (Fsp3) is 0.429. The second-order valence-electron chi connectivity index (χ2n) is 4.39.